The minimum Gasteiger partial charge on any atom is -0.0651 e. The van der Waals surface area contributed by atoms with Crippen LogP contribution < -0.4 is 0 Å². The molecule has 9 unspecified atom stereocenters. The highest BCUT2D eigenvalue weighted by Gasteiger charge is 2.39. The van der Waals surface area contributed by atoms with Crippen LogP contribution in [0.1, 0.15) is 103 Å². The molecule has 0 N–H and O–H groups in total. The molecule has 0 saturated heterocycles. The van der Waals surface area contributed by atoms with Crippen LogP contribution in [0.5, 0.6) is 0 Å². The Kier molecular flexibility index (Phi) is 10.5. The molecule has 0 fully saturated rings. The van der Waals surface area contributed by atoms with Crippen LogP contribution in [0.4, 0.5) is 0 Å². The first-order valence-corrected chi connectivity index (χ1v) is 11.7. The van der Waals surface area contributed by atoms with Gasteiger partial charge in [0.15, 0.2) is 0 Å². The molecule has 0 nitrogen and oxygen atoms in total. The topological polar surface area (TPSA) is 0 Å². The van der Waals surface area contributed by atoms with Crippen molar-refractivity contribution in [1.29, 1.82) is 0 Å². The van der Waals surface area contributed by atoms with Gasteiger partial charge < -0.3 is 0 Å². The summed E-state index contributed by atoms with van der Waals surface area (Å²) in [5, 5.41) is 0. The van der Waals surface area contributed by atoms with Gasteiger partial charge in [0.1, 0.15) is 0 Å². The van der Waals surface area contributed by atoms with Crippen LogP contribution in [0.25, 0.3) is 0 Å². The first-order chi connectivity index (χ1) is 11.7. The third kappa shape index (κ3) is 6.00. The molecule has 0 aromatic heterocycles. The number of hydrogen-bond acceptors (Lipinski definition) is 0. The highest BCUT2D eigenvalue weighted by atomic mass is 14.4. The zero-order valence-corrected chi connectivity index (χ0v) is 21.0. The molecule has 0 amide bonds. The number of hydrogen-bond donors (Lipinski definition) is 0. The Labute approximate surface area is 168 Å². The van der Waals surface area contributed by atoms with Crippen LogP contribution in [0.3, 0.4) is 0 Å². The predicted octanol–water partition coefficient (Wildman–Crippen LogP) is 8.80. The van der Waals surface area contributed by atoms with E-state index in [0.717, 1.165) is 59.2 Å². The van der Waals surface area contributed by atoms with Crippen molar-refractivity contribution in [3.05, 3.63) is 0 Å². The molecule has 0 aliphatic heterocycles. The van der Waals surface area contributed by atoms with Gasteiger partial charge in [0.05, 0.1) is 0 Å². The van der Waals surface area contributed by atoms with E-state index in [0.29, 0.717) is 5.41 Å². The van der Waals surface area contributed by atoms with Crippen molar-refractivity contribution in [2.45, 2.75) is 103 Å². The van der Waals surface area contributed by atoms with Crippen molar-refractivity contribution in [3.63, 3.8) is 0 Å². The first-order valence-electron chi connectivity index (χ1n) is 11.7. The summed E-state index contributed by atoms with van der Waals surface area (Å²) in [7, 11) is 0. The molecule has 0 aromatic rings. The molecule has 0 spiro atoms. The fourth-order valence-electron chi connectivity index (χ4n) is 5.11. The van der Waals surface area contributed by atoms with E-state index in [1.165, 1.54) is 6.42 Å². The molecule has 0 aliphatic carbocycles. The Hall–Kier alpha value is 0. The van der Waals surface area contributed by atoms with Crippen LogP contribution in [0, 0.1) is 64.6 Å². The van der Waals surface area contributed by atoms with Crippen LogP contribution in [0.15, 0.2) is 0 Å². The molecule has 158 valence electrons. The third-order valence-corrected chi connectivity index (χ3v) is 9.87. The summed E-state index contributed by atoms with van der Waals surface area (Å²) in [6.07, 6.45) is 1.28. The van der Waals surface area contributed by atoms with Gasteiger partial charge in [0.2, 0.25) is 0 Å². The second-order valence-corrected chi connectivity index (χ2v) is 11.2. The molecule has 0 aromatic carbocycles. The number of rotatable bonds is 11. The van der Waals surface area contributed by atoms with Crippen molar-refractivity contribution in [2.24, 2.45) is 64.6 Å². The Balaban J connectivity index is 5.15. The lowest BCUT2D eigenvalue weighted by molar-refractivity contribution is 0.0355. The lowest BCUT2D eigenvalue weighted by atomic mass is 9.60. The molecule has 0 saturated carbocycles. The molecule has 26 heavy (non-hydrogen) atoms. The Bertz CT molecular complexity index is 379. The minimum atomic E-state index is 0.413. The van der Waals surface area contributed by atoms with Gasteiger partial charge in [-0.1, -0.05) is 103 Å². The van der Waals surface area contributed by atoms with E-state index in [-0.39, 0.29) is 0 Å². The van der Waals surface area contributed by atoms with Crippen LogP contribution in [-0.2, 0) is 0 Å². The van der Waals surface area contributed by atoms with Crippen molar-refractivity contribution in [3.8, 4) is 0 Å². The summed E-state index contributed by atoms with van der Waals surface area (Å²) >= 11 is 0. The third-order valence-electron chi connectivity index (χ3n) is 9.87. The molecule has 0 radical (unpaired) electrons. The van der Waals surface area contributed by atoms with Gasteiger partial charge in [-0.05, 0) is 64.6 Å². The zero-order chi connectivity index (χ0) is 21.0. The van der Waals surface area contributed by atoms with Gasteiger partial charge in [-0.3, -0.25) is 0 Å². The van der Waals surface area contributed by atoms with Gasteiger partial charge in [0.25, 0.3) is 0 Å². The predicted molar refractivity (Wildman–Crippen MR) is 121 cm³/mol. The molecule has 0 rings (SSSR count). The summed E-state index contributed by atoms with van der Waals surface area (Å²) in [4.78, 5) is 0. The van der Waals surface area contributed by atoms with Crippen LogP contribution in [-0.4, -0.2) is 0 Å². The largest absolute Gasteiger partial charge is 0.0651 e. The smallest absolute Gasteiger partial charge is 0.0300 e. The Morgan fingerprint density at radius 1 is 0.500 bits per heavy atom. The van der Waals surface area contributed by atoms with E-state index in [1.807, 2.05) is 0 Å². The fourth-order valence-corrected chi connectivity index (χ4v) is 5.11. The highest BCUT2D eigenvalue weighted by molar-refractivity contribution is 4.87. The lowest BCUT2D eigenvalue weighted by Gasteiger charge is -2.45. The maximum absolute atomic E-state index is 2.53. The lowest BCUT2D eigenvalue weighted by Crippen LogP contribution is -2.38. The van der Waals surface area contributed by atoms with Crippen molar-refractivity contribution < 1.29 is 0 Å². The van der Waals surface area contributed by atoms with Crippen LogP contribution >= 0.6 is 0 Å². The maximum atomic E-state index is 2.53. The maximum Gasteiger partial charge on any atom is -0.0300 e. The van der Waals surface area contributed by atoms with Gasteiger partial charge >= 0.3 is 0 Å². The quantitative estimate of drug-likeness (QED) is 0.342. The average Bonchev–Trinajstić information content (AvgIpc) is 2.61. The van der Waals surface area contributed by atoms with E-state index in [4.69, 9.17) is 0 Å². The molecule has 0 heterocycles. The summed E-state index contributed by atoms with van der Waals surface area (Å²) in [6, 6.07) is 0. The van der Waals surface area contributed by atoms with E-state index < -0.39 is 0 Å². The summed E-state index contributed by atoms with van der Waals surface area (Å²) in [5.74, 6) is 7.79. The SMILES string of the molecule is CCC(C)C(C)(C)C(C)C(C)C(C)C(C)C(C)C(C)C(C)C(C)C(C)C. The van der Waals surface area contributed by atoms with Crippen LogP contribution in [0.2, 0.25) is 0 Å². The molecule has 0 heteroatoms. The molecule has 0 aliphatic rings. The van der Waals surface area contributed by atoms with Crippen molar-refractivity contribution >= 4 is 0 Å². The molecule has 0 bridgehead atoms. The van der Waals surface area contributed by atoms with Gasteiger partial charge in [0, 0.05) is 0 Å². The van der Waals surface area contributed by atoms with E-state index in [9.17, 15) is 0 Å². The molecular weight excluding hydrogens is 312 g/mol. The summed E-state index contributed by atoms with van der Waals surface area (Å²) in [5.41, 5.74) is 0.413. The second-order valence-electron chi connectivity index (χ2n) is 11.2. The second kappa shape index (κ2) is 10.5. The van der Waals surface area contributed by atoms with E-state index in [1.54, 1.807) is 0 Å². The van der Waals surface area contributed by atoms with E-state index in [2.05, 4.69) is 96.9 Å². The van der Waals surface area contributed by atoms with Gasteiger partial charge in [-0.15, -0.1) is 0 Å². The Morgan fingerprint density at radius 2 is 0.808 bits per heavy atom. The standard InChI is InChI=1S/C26H54/c1-15-17(4)26(13,14)25(12)24(11)23(10)22(9)21(8)20(7)19(6)18(5)16(2)3/h16-25H,15H2,1-14H3. The first kappa shape index (κ1) is 26.0. The minimum absolute atomic E-state index is 0.413. The average molecular weight is 367 g/mol. The molecular formula is C26H54. The Morgan fingerprint density at radius 3 is 1.12 bits per heavy atom. The van der Waals surface area contributed by atoms with Crippen molar-refractivity contribution in [2.75, 3.05) is 0 Å². The van der Waals surface area contributed by atoms with Gasteiger partial charge in [-0.25, -0.2) is 0 Å². The van der Waals surface area contributed by atoms with E-state index >= 15 is 0 Å². The summed E-state index contributed by atoms with van der Waals surface area (Å²) in [6.45, 7) is 34.6. The highest BCUT2D eigenvalue weighted by Crippen LogP contribution is 2.46. The normalized spacial score (nSPS) is 23.7. The summed E-state index contributed by atoms with van der Waals surface area (Å²) < 4.78 is 0. The fraction of sp³-hybridized carbons (Fsp3) is 1.00. The monoisotopic (exact) mass is 366 g/mol. The van der Waals surface area contributed by atoms with Gasteiger partial charge in [-0.2, -0.15) is 0 Å². The zero-order valence-electron chi connectivity index (χ0n) is 21.0. The molecule has 9 atom stereocenters. The van der Waals surface area contributed by atoms with Crippen molar-refractivity contribution in [1.82, 2.24) is 0 Å².